The van der Waals surface area contributed by atoms with Gasteiger partial charge in [-0.15, -0.1) is 0 Å². The van der Waals surface area contributed by atoms with Gasteiger partial charge in [-0.1, -0.05) is 13.8 Å². The second-order valence-corrected chi connectivity index (χ2v) is 4.81. The first-order valence-electron chi connectivity index (χ1n) is 6.98. The first kappa shape index (κ1) is 16.8. The van der Waals surface area contributed by atoms with Gasteiger partial charge in [0, 0.05) is 12.1 Å². The van der Waals surface area contributed by atoms with Crippen molar-refractivity contribution >= 4 is 5.82 Å². The molecule has 0 aromatic carbocycles. The highest BCUT2D eigenvalue weighted by atomic mass is 19.2. The lowest BCUT2D eigenvalue weighted by Crippen LogP contribution is -2.26. The SMILES string of the molecule is CCN(CC)CCCC(C)Nc1nc(F)c(F)cc1F. The van der Waals surface area contributed by atoms with Gasteiger partial charge in [-0.25, -0.2) is 8.78 Å². The maximum atomic E-state index is 13.4. The minimum atomic E-state index is -1.29. The molecule has 1 aromatic heterocycles. The summed E-state index contributed by atoms with van der Waals surface area (Å²) in [6.45, 7) is 9.03. The van der Waals surface area contributed by atoms with Crippen LogP contribution in [0.25, 0.3) is 0 Å². The summed E-state index contributed by atoms with van der Waals surface area (Å²) in [4.78, 5) is 5.54. The Balaban J connectivity index is 2.46. The predicted octanol–water partition coefficient (Wildman–Crippen LogP) is 3.42. The van der Waals surface area contributed by atoms with Crippen LogP contribution in [0.1, 0.15) is 33.6 Å². The summed E-state index contributed by atoms with van der Waals surface area (Å²) in [6.07, 6.45) is 1.75. The first-order valence-corrected chi connectivity index (χ1v) is 6.98. The van der Waals surface area contributed by atoms with Crippen molar-refractivity contribution in [3.05, 3.63) is 23.6 Å². The molecule has 1 aromatic rings. The van der Waals surface area contributed by atoms with E-state index in [-0.39, 0.29) is 11.9 Å². The van der Waals surface area contributed by atoms with Crippen LogP contribution >= 0.6 is 0 Å². The highest BCUT2D eigenvalue weighted by Gasteiger charge is 2.13. The number of aromatic nitrogens is 1. The van der Waals surface area contributed by atoms with Crippen LogP contribution in [0.5, 0.6) is 0 Å². The minimum Gasteiger partial charge on any atom is -0.365 e. The summed E-state index contributed by atoms with van der Waals surface area (Å²) >= 11 is 0. The van der Waals surface area contributed by atoms with Gasteiger partial charge in [0.05, 0.1) is 0 Å². The number of nitrogens with one attached hydrogen (secondary N) is 1. The number of hydrogen-bond donors (Lipinski definition) is 1. The molecule has 114 valence electrons. The van der Waals surface area contributed by atoms with Crippen molar-refractivity contribution in [2.45, 2.75) is 39.7 Å². The molecule has 0 bridgehead atoms. The predicted molar refractivity (Wildman–Crippen MR) is 74.2 cm³/mol. The number of rotatable bonds is 8. The third kappa shape index (κ3) is 5.00. The van der Waals surface area contributed by atoms with Gasteiger partial charge in [0.15, 0.2) is 17.5 Å². The van der Waals surface area contributed by atoms with E-state index in [1.165, 1.54) is 0 Å². The van der Waals surface area contributed by atoms with E-state index >= 15 is 0 Å². The average Bonchev–Trinajstić information content (AvgIpc) is 2.41. The lowest BCUT2D eigenvalue weighted by Gasteiger charge is -2.20. The highest BCUT2D eigenvalue weighted by Crippen LogP contribution is 2.16. The molecule has 0 fully saturated rings. The first-order chi connectivity index (χ1) is 9.47. The van der Waals surface area contributed by atoms with Crippen LogP contribution in [0, 0.1) is 17.6 Å². The van der Waals surface area contributed by atoms with Gasteiger partial charge in [-0.3, -0.25) is 0 Å². The van der Waals surface area contributed by atoms with Gasteiger partial charge >= 0.3 is 0 Å². The molecule has 0 saturated carbocycles. The number of anilines is 1. The molecule has 20 heavy (non-hydrogen) atoms. The topological polar surface area (TPSA) is 28.2 Å². The normalized spacial score (nSPS) is 12.8. The summed E-state index contributed by atoms with van der Waals surface area (Å²) in [5.74, 6) is -3.68. The van der Waals surface area contributed by atoms with Gasteiger partial charge in [0.25, 0.3) is 5.95 Å². The van der Waals surface area contributed by atoms with Crippen molar-refractivity contribution in [2.75, 3.05) is 25.0 Å². The maximum Gasteiger partial charge on any atom is 0.251 e. The van der Waals surface area contributed by atoms with Crippen molar-refractivity contribution in [2.24, 2.45) is 0 Å². The average molecular weight is 289 g/mol. The van der Waals surface area contributed by atoms with E-state index in [1.54, 1.807) is 0 Å². The monoisotopic (exact) mass is 289 g/mol. The molecule has 1 atom stereocenters. The van der Waals surface area contributed by atoms with Gasteiger partial charge in [0.1, 0.15) is 0 Å². The summed E-state index contributed by atoms with van der Waals surface area (Å²) in [5, 5.41) is 2.78. The van der Waals surface area contributed by atoms with Crippen LogP contribution in [-0.4, -0.2) is 35.6 Å². The largest absolute Gasteiger partial charge is 0.365 e. The van der Waals surface area contributed by atoms with Crippen LogP contribution in [0.2, 0.25) is 0 Å². The summed E-state index contributed by atoms with van der Waals surface area (Å²) in [7, 11) is 0. The number of halogens is 3. The molecule has 0 radical (unpaired) electrons. The summed E-state index contributed by atoms with van der Waals surface area (Å²) in [6, 6.07) is 0.449. The third-order valence-electron chi connectivity index (χ3n) is 3.28. The second kappa shape index (κ2) is 8.09. The number of hydrogen-bond acceptors (Lipinski definition) is 3. The van der Waals surface area contributed by atoms with E-state index < -0.39 is 17.6 Å². The summed E-state index contributed by atoms with van der Waals surface area (Å²) in [5.41, 5.74) is 0. The van der Waals surface area contributed by atoms with E-state index in [1.807, 2.05) is 6.92 Å². The van der Waals surface area contributed by atoms with Gasteiger partial charge in [0.2, 0.25) is 0 Å². The standard InChI is InChI=1S/C14H22F3N3/c1-4-20(5-2)8-6-7-10(3)18-14-12(16)9-11(15)13(17)19-14/h9-10H,4-8H2,1-3H3,(H,18,19). The second-order valence-electron chi connectivity index (χ2n) is 4.81. The fraction of sp³-hybridized carbons (Fsp3) is 0.643. The van der Waals surface area contributed by atoms with Crippen molar-refractivity contribution in [1.29, 1.82) is 0 Å². The van der Waals surface area contributed by atoms with Crippen LogP contribution < -0.4 is 5.32 Å². The Kier molecular flexibility index (Phi) is 6.78. The fourth-order valence-corrected chi connectivity index (χ4v) is 2.01. The van der Waals surface area contributed by atoms with Crippen molar-refractivity contribution in [3.8, 4) is 0 Å². The van der Waals surface area contributed by atoms with Crippen LogP contribution in [0.4, 0.5) is 19.0 Å². The van der Waals surface area contributed by atoms with Gasteiger partial charge < -0.3 is 10.2 Å². The highest BCUT2D eigenvalue weighted by molar-refractivity contribution is 5.37. The Morgan fingerprint density at radius 2 is 1.85 bits per heavy atom. The minimum absolute atomic E-state index is 0.0579. The maximum absolute atomic E-state index is 13.4. The van der Waals surface area contributed by atoms with E-state index in [9.17, 15) is 13.2 Å². The molecule has 0 aliphatic heterocycles. The van der Waals surface area contributed by atoms with Crippen LogP contribution in [0.3, 0.4) is 0 Å². The quantitative estimate of drug-likeness (QED) is 0.743. The molecule has 1 unspecified atom stereocenters. The molecular formula is C14H22F3N3. The van der Waals surface area contributed by atoms with Crippen molar-refractivity contribution < 1.29 is 13.2 Å². The molecule has 3 nitrogen and oxygen atoms in total. The third-order valence-corrected chi connectivity index (χ3v) is 3.28. The molecule has 1 rings (SSSR count). The Bertz CT molecular complexity index is 422. The molecular weight excluding hydrogens is 267 g/mol. The zero-order valence-corrected chi connectivity index (χ0v) is 12.2. The Hall–Kier alpha value is -1.30. The zero-order chi connectivity index (χ0) is 15.1. The molecule has 0 aliphatic rings. The molecule has 0 amide bonds. The molecule has 1 heterocycles. The van der Waals surface area contributed by atoms with Crippen molar-refractivity contribution in [1.82, 2.24) is 9.88 Å². The van der Waals surface area contributed by atoms with Crippen molar-refractivity contribution in [3.63, 3.8) is 0 Å². The number of pyridine rings is 1. The smallest absolute Gasteiger partial charge is 0.251 e. The fourth-order valence-electron chi connectivity index (χ4n) is 2.01. The Labute approximate surface area is 118 Å². The van der Waals surface area contributed by atoms with E-state index in [4.69, 9.17) is 0 Å². The van der Waals surface area contributed by atoms with Gasteiger partial charge in [-0.05, 0) is 39.4 Å². The Morgan fingerprint density at radius 3 is 2.45 bits per heavy atom. The lowest BCUT2D eigenvalue weighted by molar-refractivity contribution is 0.295. The Morgan fingerprint density at radius 1 is 1.20 bits per heavy atom. The van der Waals surface area contributed by atoms with Crippen LogP contribution in [0.15, 0.2) is 6.07 Å². The number of nitrogens with zero attached hydrogens (tertiary/aromatic N) is 2. The van der Waals surface area contributed by atoms with Gasteiger partial charge in [-0.2, -0.15) is 9.37 Å². The zero-order valence-electron chi connectivity index (χ0n) is 12.2. The lowest BCUT2D eigenvalue weighted by atomic mass is 10.1. The van der Waals surface area contributed by atoms with Crippen LogP contribution in [-0.2, 0) is 0 Å². The van der Waals surface area contributed by atoms with E-state index in [2.05, 4.69) is 29.0 Å². The molecule has 6 heteroatoms. The van der Waals surface area contributed by atoms with E-state index in [0.29, 0.717) is 6.07 Å². The molecule has 0 spiro atoms. The summed E-state index contributed by atoms with van der Waals surface area (Å²) < 4.78 is 39.1. The van der Waals surface area contributed by atoms with E-state index in [0.717, 1.165) is 32.5 Å². The molecule has 1 N–H and O–H groups in total. The molecule has 0 aliphatic carbocycles. The molecule has 0 saturated heterocycles.